The number of rotatable bonds is 4. The van der Waals surface area contributed by atoms with Crippen LogP contribution in [0, 0.1) is 0 Å². The van der Waals surface area contributed by atoms with Crippen LogP contribution < -0.4 is 10.0 Å². The molecule has 5 heteroatoms. The maximum absolute atomic E-state index is 12.6. The predicted molar refractivity (Wildman–Crippen MR) is 94.1 cm³/mol. The summed E-state index contributed by atoms with van der Waals surface area (Å²) in [4.78, 5) is 0.381. The lowest BCUT2D eigenvalue weighted by Crippen LogP contribution is -2.23. The van der Waals surface area contributed by atoms with Gasteiger partial charge in [-0.2, -0.15) is 0 Å². The molecule has 1 heterocycles. The predicted octanol–water partition coefficient (Wildman–Crippen LogP) is 2.65. The van der Waals surface area contributed by atoms with Gasteiger partial charge < -0.3 is 5.32 Å². The van der Waals surface area contributed by atoms with Gasteiger partial charge in [-0.25, -0.2) is 13.1 Å². The third-order valence-electron chi connectivity index (χ3n) is 5.00. The molecule has 0 fully saturated rings. The van der Waals surface area contributed by atoms with Crippen LogP contribution in [0.1, 0.15) is 40.7 Å². The Balaban J connectivity index is 1.51. The summed E-state index contributed by atoms with van der Waals surface area (Å²) in [7, 11) is -3.47. The fourth-order valence-corrected chi connectivity index (χ4v) is 4.66. The Labute approximate surface area is 143 Å². The highest BCUT2D eigenvalue weighted by Gasteiger charge is 2.18. The van der Waals surface area contributed by atoms with Crippen LogP contribution in [0.25, 0.3) is 0 Å². The Kier molecular flexibility index (Phi) is 4.16. The molecule has 0 unspecified atom stereocenters. The first kappa shape index (κ1) is 15.8. The number of nitrogens with one attached hydrogen (secondary N) is 2. The van der Waals surface area contributed by atoms with E-state index >= 15 is 0 Å². The van der Waals surface area contributed by atoms with Crippen molar-refractivity contribution in [1.29, 1.82) is 0 Å². The molecule has 126 valence electrons. The lowest BCUT2D eigenvalue weighted by atomic mass is 9.92. The SMILES string of the molecule is O=S(=O)(NCc1ccc2c(c1)CNC2)c1ccc2c(c1)CCCC2. The second kappa shape index (κ2) is 6.31. The van der Waals surface area contributed by atoms with Gasteiger partial charge in [0.25, 0.3) is 0 Å². The molecule has 24 heavy (non-hydrogen) atoms. The fourth-order valence-electron chi connectivity index (χ4n) is 3.60. The van der Waals surface area contributed by atoms with Gasteiger partial charge in [0.2, 0.25) is 10.0 Å². The highest BCUT2D eigenvalue weighted by Crippen LogP contribution is 2.24. The first-order valence-electron chi connectivity index (χ1n) is 8.55. The monoisotopic (exact) mass is 342 g/mol. The zero-order valence-electron chi connectivity index (χ0n) is 13.6. The van der Waals surface area contributed by atoms with Crippen molar-refractivity contribution >= 4 is 10.0 Å². The standard InChI is InChI=1S/C19H22N2O2S/c22-24(23,19-8-7-15-3-1-2-4-16(15)10-19)21-11-14-5-6-17-12-20-13-18(17)9-14/h5-10,20-21H,1-4,11-13H2. The van der Waals surface area contributed by atoms with Crippen molar-refractivity contribution in [3.63, 3.8) is 0 Å². The minimum Gasteiger partial charge on any atom is -0.309 e. The first-order chi connectivity index (χ1) is 11.6. The number of aryl methyl sites for hydroxylation is 2. The van der Waals surface area contributed by atoms with E-state index in [4.69, 9.17) is 0 Å². The molecule has 2 aromatic carbocycles. The van der Waals surface area contributed by atoms with E-state index in [1.807, 2.05) is 18.2 Å². The quantitative estimate of drug-likeness (QED) is 0.898. The average Bonchev–Trinajstić information content (AvgIpc) is 3.07. The highest BCUT2D eigenvalue weighted by atomic mass is 32.2. The zero-order valence-corrected chi connectivity index (χ0v) is 14.5. The second-order valence-corrected chi connectivity index (χ2v) is 8.44. The molecule has 2 aromatic rings. The molecule has 2 aliphatic rings. The molecule has 0 amide bonds. The molecule has 1 aliphatic heterocycles. The number of hydrogen-bond acceptors (Lipinski definition) is 3. The van der Waals surface area contributed by atoms with Crippen molar-refractivity contribution in [2.75, 3.05) is 0 Å². The van der Waals surface area contributed by atoms with E-state index in [-0.39, 0.29) is 0 Å². The number of hydrogen-bond donors (Lipinski definition) is 2. The molecule has 0 saturated carbocycles. The first-order valence-corrected chi connectivity index (χ1v) is 10.0. The van der Waals surface area contributed by atoms with Gasteiger partial charge in [0.15, 0.2) is 0 Å². The Morgan fingerprint density at radius 3 is 2.50 bits per heavy atom. The smallest absolute Gasteiger partial charge is 0.240 e. The summed E-state index contributed by atoms with van der Waals surface area (Å²) in [5.41, 5.74) is 6.05. The van der Waals surface area contributed by atoms with E-state index in [9.17, 15) is 8.42 Å². The minimum atomic E-state index is -3.47. The molecule has 0 atom stereocenters. The Morgan fingerprint density at radius 1 is 0.875 bits per heavy atom. The van der Waals surface area contributed by atoms with Crippen LogP contribution >= 0.6 is 0 Å². The van der Waals surface area contributed by atoms with Gasteiger partial charge in [0, 0.05) is 19.6 Å². The van der Waals surface area contributed by atoms with Crippen molar-refractivity contribution in [3.8, 4) is 0 Å². The number of benzene rings is 2. The molecule has 4 nitrogen and oxygen atoms in total. The van der Waals surface area contributed by atoms with Gasteiger partial charge in [0.05, 0.1) is 4.90 Å². The maximum Gasteiger partial charge on any atom is 0.240 e. The van der Waals surface area contributed by atoms with E-state index in [1.165, 1.54) is 28.7 Å². The van der Waals surface area contributed by atoms with Crippen LogP contribution in [0.3, 0.4) is 0 Å². The molecule has 2 N–H and O–H groups in total. The fraction of sp³-hybridized carbons (Fsp3) is 0.368. The molecule has 0 radical (unpaired) electrons. The van der Waals surface area contributed by atoms with Gasteiger partial charge >= 0.3 is 0 Å². The molecule has 0 spiro atoms. The highest BCUT2D eigenvalue weighted by molar-refractivity contribution is 7.89. The van der Waals surface area contributed by atoms with Gasteiger partial charge in [-0.05, 0) is 65.6 Å². The van der Waals surface area contributed by atoms with Crippen molar-refractivity contribution in [3.05, 3.63) is 64.2 Å². The van der Waals surface area contributed by atoms with Crippen LogP contribution in [0.15, 0.2) is 41.3 Å². The van der Waals surface area contributed by atoms with Crippen LogP contribution in [0.2, 0.25) is 0 Å². The van der Waals surface area contributed by atoms with E-state index < -0.39 is 10.0 Å². The largest absolute Gasteiger partial charge is 0.309 e. The lowest BCUT2D eigenvalue weighted by Gasteiger charge is -2.17. The van der Waals surface area contributed by atoms with Gasteiger partial charge in [-0.3, -0.25) is 0 Å². The molecule has 0 aromatic heterocycles. The molecular formula is C19H22N2O2S. The number of sulfonamides is 1. The van der Waals surface area contributed by atoms with Crippen LogP contribution in [0.4, 0.5) is 0 Å². The number of fused-ring (bicyclic) bond motifs is 2. The van der Waals surface area contributed by atoms with E-state index in [0.29, 0.717) is 11.4 Å². The minimum absolute atomic E-state index is 0.326. The molecule has 1 aliphatic carbocycles. The van der Waals surface area contributed by atoms with Crippen molar-refractivity contribution in [1.82, 2.24) is 10.0 Å². The Morgan fingerprint density at radius 2 is 1.62 bits per heavy atom. The molecular weight excluding hydrogens is 320 g/mol. The van der Waals surface area contributed by atoms with Gasteiger partial charge in [-0.15, -0.1) is 0 Å². The lowest BCUT2D eigenvalue weighted by molar-refractivity contribution is 0.580. The summed E-state index contributed by atoms with van der Waals surface area (Å²) < 4.78 is 27.9. The van der Waals surface area contributed by atoms with E-state index in [1.54, 1.807) is 6.07 Å². The second-order valence-electron chi connectivity index (χ2n) is 6.67. The summed E-state index contributed by atoms with van der Waals surface area (Å²) in [6.07, 6.45) is 4.39. The Hall–Kier alpha value is -1.69. The van der Waals surface area contributed by atoms with Crippen molar-refractivity contribution in [2.24, 2.45) is 0 Å². The Bertz CT molecular complexity index is 875. The summed E-state index contributed by atoms with van der Waals surface area (Å²) in [5, 5.41) is 3.30. The van der Waals surface area contributed by atoms with Crippen molar-refractivity contribution < 1.29 is 8.42 Å². The molecule has 4 rings (SSSR count). The average molecular weight is 342 g/mol. The van der Waals surface area contributed by atoms with E-state index in [2.05, 4.69) is 22.2 Å². The molecule has 0 bridgehead atoms. The van der Waals surface area contributed by atoms with Gasteiger partial charge in [0.1, 0.15) is 0 Å². The van der Waals surface area contributed by atoms with Crippen LogP contribution in [0.5, 0.6) is 0 Å². The normalized spacial score (nSPS) is 16.7. The topological polar surface area (TPSA) is 58.2 Å². The third-order valence-corrected chi connectivity index (χ3v) is 6.40. The zero-order chi connectivity index (χ0) is 16.6. The molecule has 0 saturated heterocycles. The van der Waals surface area contributed by atoms with Crippen molar-refractivity contribution in [2.45, 2.75) is 50.2 Å². The van der Waals surface area contributed by atoms with Gasteiger partial charge in [-0.1, -0.05) is 24.3 Å². The maximum atomic E-state index is 12.6. The summed E-state index contributed by atoms with van der Waals surface area (Å²) in [6.45, 7) is 2.09. The summed E-state index contributed by atoms with van der Waals surface area (Å²) in [6, 6.07) is 11.7. The summed E-state index contributed by atoms with van der Waals surface area (Å²) in [5.74, 6) is 0. The van der Waals surface area contributed by atoms with E-state index in [0.717, 1.165) is 37.9 Å². The van der Waals surface area contributed by atoms with Crippen LogP contribution in [-0.4, -0.2) is 8.42 Å². The summed E-state index contributed by atoms with van der Waals surface area (Å²) >= 11 is 0. The third kappa shape index (κ3) is 3.11. The van der Waals surface area contributed by atoms with Crippen LogP contribution in [-0.2, 0) is 42.5 Å².